The van der Waals surface area contributed by atoms with Gasteiger partial charge in [0.05, 0.1) is 11.4 Å². The normalized spacial score (nSPS) is 12.2. The minimum absolute atomic E-state index is 0.0534. The summed E-state index contributed by atoms with van der Waals surface area (Å²) in [5, 5.41) is 0.653. The smallest absolute Gasteiger partial charge is 0.387 e. The number of nitrogens with zero attached hydrogens (tertiary/aromatic N) is 4. The molecule has 0 aliphatic rings. The maximum absolute atomic E-state index is 14.9. The van der Waals surface area contributed by atoms with Gasteiger partial charge in [-0.2, -0.15) is 8.78 Å². The van der Waals surface area contributed by atoms with Gasteiger partial charge in [0.25, 0.3) is 0 Å². The number of carbonyl (C=O) groups is 1. The van der Waals surface area contributed by atoms with Crippen molar-refractivity contribution in [3.05, 3.63) is 59.9 Å². The van der Waals surface area contributed by atoms with Gasteiger partial charge in [-0.1, -0.05) is 33.0 Å². The predicted molar refractivity (Wildman–Crippen MR) is 150 cm³/mol. The molecule has 0 radical (unpaired) electrons. The van der Waals surface area contributed by atoms with Crippen molar-refractivity contribution in [3.63, 3.8) is 0 Å². The van der Waals surface area contributed by atoms with Crippen molar-refractivity contribution >= 4 is 43.4 Å². The van der Waals surface area contributed by atoms with E-state index in [1.54, 1.807) is 29.2 Å². The molecule has 10 heteroatoms. The Morgan fingerprint density at radius 3 is 2.45 bits per heavy atom. The number of aliphatic imine (C=N–C) groups is 1. The number of hydrogen-bond acceptors (Lipinski definition) is 6. The molecule has 0 saturated carbocycles. The van der Waals surface area contributed by atoms with Gasteiger partial charge in [-0.25, -0.2) is 9.37 Å². The van der Waals surface area contributed by atoms with E-state index in [2.05, 4.69) is 11.7 Å². The standard InChI is InChI=1S/C28H32F3N4O2P/c1-7-20(34(3)4)16-35(26-19(17-36)9-8-10-24(26)37-28(30)31)27-23(32-2)13-12-22(33-27)18-11-14-25(38(5)6)21(29)15-18/h8-15,17,20,28H,2,7,16H2,1,3-6H3. The molecule has 38 heavy (non-hydrogen) atoms. The molecule has 0 N–H and O–H groups in total. The van der Waals surface area contributed by atoms with Crippen LogP contribution in [0.5, 0.6) is 5.75 Å². The maximum Gasteiger partial charge on any atom is 0.387 e. The molecule has 3 aromatic rings. The number of para-hydroxylation sites is 1. The molecular formula is C28H32F3N4O2P. The highest BCUT2D eigenvalue weighted by Crippen LogP contribution is 2.41. The number of rotatable bonds is 12. The first kappa shape index (κ1) is 29.3. The molecule has 1 atom stereocenters. The summed E-state index contributed by atoms with van der Waals surface area (Å²) in [6.07, 6.45) is 1.31. The molecule has 0 bridgehead atoms. The molecule has 0 saturated heterocycles. The van der Waals surface area contributed by atoms with Crippen LogP contribution in [-0.4, -0.2) is 69.5 Å². The SMILES string of the molecule is C=Nc1ccc(-c2ccc(P(C)C)c(F)c2)nc1N(CC(CC)N(C)C)c1c(C=O)cccc1OC(F)F. The van der Waals surface area contributed by atoms with Crippen LogP contribution in [0.1, 0.15) is 23.7 Å². The van der Waals surface area contributed by atoms with Crippen LogP contribution in [-0.2, 0) is 0 Å². The molecule has 6 nitrogen and oxygen atoms in total. The van der Waals surface area contributed by atoms with E-state index in [0.717, 1.165) is 6.42 Å². The Bertz CT molecular complexity index is 1290. The minimum Gasteiger partial charge on any atom is -0.433 e. The van der Waals surface area contributed by atoms with E-state index in [1.807, 2.05) is 39.2 Å². The molecule has 1 heterocycles. The van der Waals surface area contributed by atoms with Gasteiger partial charge in [0.15, 0.2) is 17.9 Å². The van der Waals surface area contributed by atoms with Crippen molar-refractivity contribution in [2.75, 3.05) is 38.9 Å². The van der Waals surface area contributed by atoms with E-state index in [-0.39, 0.29) is 41.2 Å². The summed E-state index contributed by atoms with van der Waals surface area (Å²) in [6.45, 7) is 6.78. The van der Waals surface area contributed by atoms with E-state index in [0.29, 0.717) is 28.5 Å². The zero-order chi connectivity index (χ0) is 28.0. The van der Waals surface area contributed by atoms with Crippen molar-refractivity contribution in [1.29, 1.82) is 0 Å². The summed E-state index contributed by atoms with van der Waals surface area (Å²) >= 11 is 0. The van der Waals surface area contributed by atoms with E-state index in [4.69, 9.17) is 9.72 Å². The van der Waals surface area contributed by atoms with Gasteiger partial charge in [-0.3, -0.25) is 9.79 Å². The fourth-order valence-electron chi connectivity index (χ4n) is 4.22. The predicted octanol–water partition coefficient (Wildman–Crippen LogP) is 6.48. The summed E-state index contributed by atoms with van der Waals surface area (Å²) in [4.78, 5) is 24.7. The van der Waals surface area contributed by atoms with Crippen molar-refractivity contribution in [3.8, 4) is 17.0 Å². The minimum atomic E-state index is -3.10. The Balaban J connectivity index is 2.29. The second kappa shape index (κ2) is 13.0. The Morgan fingerprint density at radius 2 is 1.89 bits per heavy atom. The zero-order valence-electron chi connectivity index (χ0n) is 22.2. The van der Waals surface area contributed by atoms with Gasteiger partial charge in [0.2, 0.25) is 0 Å². The topological polar surface area (TPSA) is 58.0 Å². The highest BCUT2D eigenvalue weighted by atomic mass is 31.1. The van der Waals surface area contributed by atoms with Gasteiger partial charge in [0.1, 0.15) is 11.5 Å². The van der Waals surface area contributed by atoms with E-state index >= 15 is 0 Å². The van der Waals surface area contributed by atoms with Crippen LogP contribution in [0.2, 0.25) is 0 Å². The lowest BCUT2D eigenvalue weighted by Crippen LogP contribution is -2.39. The van der Waals surface area contributed by atoms with Crippen molar-refractivity contribution in [1.82, 2.24) is 9.88 Å². The Kier molecular flexibility index (Phi) is 10.00. The first-order chi connectivity index (χ1) is 18.1. The molecule has 3 rings (SSSR count). The van der Waals surface area contributed by atoms with E-state index in [9.17, 15) is 18.0 Å². The summed E-state index contributed by atoms with van der Waals surface area (Å²) in [5.41, 5.74) is 1.66. The van der Waals surface area contributed by atoms with Crippen LogP contribution in [0.25, 0.3) is 11.3 Å². The number of halogens is 3. The molecule has 0 fully saturated rings. The number of aldehydes is 1. The third-order valence-electron chi connectivity index (χ3n) is 6.24. The molecule has 1 unspecified atom stereocenters. The number of hydrogen-bond donors (Lipinski definition) is 0. The quantitative estimate of drug-likeness (QED) is 0.148. The Labute approximate surface area is 222 Å². The summed E-state index contributed by atoms with van der Waals surface area (Å²) in [5.74, 6) is -0.207. The molecule has 0 amide bonds. The highest BCUT2D eigenvalue weighted by Gasteiger charge is 2.27. The fourth-order valence-corrected chi connectivity index (χ4v) is 5.08. The third-order valence-corrected chi connectivity index (χ3v) is 7.57. The number of aromatic nitrogens is 1. The first-order valence-corrected chi connectivity index (χ1v) is 14.3. The van der Waals surface area contributed by atoms with Gasteiger partial charge < -0.3 is 14.5 Å². The molecule has 202 valence electrons. The summed E-state index contributed by atoms with van der Waals surface area (Å²) in [6, 6.07) is 12.7. The summed E-state index contributed by atoms with van der Waals surface area (Å²) in [7, 11) is 3.19. The first-order valence-electron chi connectivity index (χ1n) is 12.0. The number of alkyl halides is 2. The number of anilines is 2. The summed E-state index contributed by atoms with van der Waals surface area (Å²) < 4.78 is 46.5. The molecule has 2 aromatic carbocycles. The van der Waals surface area contributed by atoms with Gasteiger partial charge in [-0.05, 0) is 70.9 Å². The Morgan fingerprint density at radius 1 is 1.16 bits per heavy atom. The van der Waals surface area contributed by atoms with Gasteiger partial charge in [0, 0.05) is 29.0 Å². The zero-order valence-corrected chi connectivity index (χ0v) is 23.1. The fraction of sp³-hybridized carbons (Fsp3) is 0.321. The van der Waals surface area contributed by atoms with Crippen LogP contribution in [0.4, 0.5) is 30.4 Å². The number of likely N-dealkylation sites (N-methyl/N-ethyl adjacent to an activating group) is 1. The monoisotopic (exact) mass is 544 g/mol. The molecule has 0 aliphatic carbocycles. The van der Waals surface area contributed by atoms with Crippen LogP contribution in [0, 0.1) is 5.82 Å². The van der Waals surface area contributed by atoms with Crippen LogP contribution < -0.4 is 14.9 Å². The number of benzene rings is 2. The largest absolute Gasteiger partial charge is 0.433 e. The van der Waals surface area contributed by atoms with Crippen LogP contribution >= 0.6 is 7.92 Å². The maximum atomic E-state index is 14.9. The van der Waals surface area contributed by atoms with E-state index in [1.165, 1.54) is 24.3 Å². The molecule has 0 spiro atoms. The van der Waals surface area contributed by atoms with E-state index < -0.39 is 14.5 Å². The average Bonchev–Trinajstić information content (AvgIpc) is 2.88. The number of pyridine rings is 1. The highest BCUT2D eigenvalue weighted by molar-refractivity contribution is 7.64. The van der Waals surface area contributed by atoms with Crippen LogP contribution in [0.3, 0.4) is 0 Å². The molecular weight excluding hydrogens is 512 g/mol. The molecule has 1 aromatic heterocycles. The van der Waals surface area contributed by atoms with Crippen molar-refractivity contribution in [2.24, 2.45) is 4.99 Å². The second-order valence-electron chi connectivity index (χ2n) is 9.08. The number of carbonyl (C=O) groups excluding carboxylic acids is 1. The third kappa shape index (κ3) is 6.58. The lowest BCUT2D eigenvalue weighted by atomic mass is 10.1. The van der Waals surface area contributed by atoms with Crippen molar-refractivity contribution < 1.29 is 22.7 Å². The van der Waals surface area contributed by atoms with Gasteiger partial charge >= 0.3 is 6.61 Å². The lowest BCUT2D eigenvalue weighted by Gasteiger charge is -2.34. The van der Waals surface area contributed by atoms with Crippen molar-refractivity contribution in [2.45, 2.75) is 26.0 Å². The second-order valence-corrected chi connectivity index (χ2v) is 11.4. The molecule has 0 aliphatic heterocycles. The van der Waals surface area contributed by atoms with Crippen LogP contribution in [0.15, 0.2) is 53.5 Å². The average molecular weight is 545 g/mol. The Hall–Kier alpha value is -3.29. The van der Waals surface area contributed by atoms with Gasteiger partial charge in [-0.15, -0.1) is 0 Å². The number of ether oxygens (including phenoxy) is 1. The lowest BCUT2D eigenvalue weighted by molar-refractivity contribution is -0.0495.